The predicted molar refractivity (Wildman–Crippen MR) is 132 cm³/mol. The lowest BCUT2D eigenvalue weighted by molar-refractivity contribution is -0.137. The summed E-state index contributed by atoms with van der Waals surface area (Å²) in [5.74, 6) is -1.29. The van der Waals surface area contributed by atoms with Crippen molar-refractivity contribution in [2.75, 3.05) is 13.1 Å². The lowest BCUT2D eigenvalue weighted by atomic mass is 10.1. The minimum absolute atomic E-state index is 0.0739. The Morgan fingerprint density at radius 1 is 1.06 bits per heavy atom. The number of Topliss-reactive ketones (excluding diaryl/α,β-unsaturated/α-hetero) is 1. The number of rotatable bonds is 10. The number of H-pyrrole nitrogens is 1. The second-order valence-corrected chi connectivity index (χ2v) is 8.85. The van der Waals surface area contributed by atoms with E-state index in [1.54, 1.807) is 24.3 Å². The van der Waals surface area contributed by atoms with E-state index in [1.807, 2.05) is 13.8 Å². The fourth-order valence-corrected chi connectivity index (χ4v) is 4.05. The van der Waals surface area contributed by atoms with Crippen LogP contribution in [0.4, 0.5) is 13.2 Å². The molecular weight excluding hydrogens is 495 g/mol. The number of alkyl halides is 3. The summed E-state index contributed by atoms with van der Waals surface area (Å²) < 4.78 is 40.7. The van der Waals surface area contributed by atoms with Gasteiger partial charge in [0.1, 0.15) is 5.56 Å². The number of aromatic nitrogens is 2. The molecule has 1 aromatic heterocycles. The first-order valence-electron chi connectivity index (χ1n) is 11.7. The molecule has 0 saturated carbocycles. The molecule has 0 spiro atoms. The largest absolute Gasteiger partial charge is 0.416 e. The van der Waals surface area contributed by atoms with Gasteiger partial charge in [-0.2, -0.15) is 13.2 Å². The van der Waals surface area contributed by atoms with Crippen LogP contribution in [0.1, 0.15) is 65.1 Å². The van der Waals surface area contributed by atoms with Crippen LogP contribution in [0.15, 0.2) is 53.3 Å². The first-order valence-corrected chi connectivity index (χ1v) is 12.0. The van der Waals surface area contributed by atoms with Gasteiger partial charge in [0.2, 0.25) is 0 Å². The molecule has 36 heavy (non-hydrogen) atoms. The van der Waals surface area contributed by atoms with Gasteiger partial charge >= 0.3 is 6.18 Å². The molecule has 1 N–H and O–H groups in total. The Morgan fingerprint density at radius 2 is 1.78 bits per heavy atom. The number of benzene rings is 2. The van der Waals surface area contributed by atoms with Crippen LogP contribution >= 0.6 is 11.6 Å². The van der Waals surface area contributed by atoms with E-state index in [2.05, 4.69) is 5.10 Å². The van der Waals surface area contributed by atoms with E-state index >= 15 is 0 Å². The average molecular weight is 522 g/mol. The van der Waals surface area contributed by atoms with Crippen LogP contribution in [0, 0.1) is 0 Å². The van der Waals surface area contributed by atoms with Crippen LogP contribution in [-0.4, -0.2) is 39.5 Å². The fourth-order valence-electron chi connectivity index (χ4n) is 3.86. The number of hydrogen-bond acceptors (Lipinski definition) is 3. The number of carbonyl (C=O) groups is 2. The molecule has 3 aromatic rings. The highest BCUT2D eigenvalue weighted by Gasteiger charge is 2.32. The van der Waals surface area contributed by atoms with Crippen molar-refractivity contribution in [2.45, 2.75) is 45.7 Å². The summed E-state index contributed by atoms with van der Waals surface area (Å²) in [5, 5.41) is 3.39. The Hall–Kier alpha value is -3.33. The molecule has 1 amide bonds. The molecule has 1 heterocycles. The standard InChI is InChI=1S/C26H27ClF3N3O3/c1-3-5-13-32(24(35)17-9-6-10-18(14-17)26(28,29)30)16-22(34)23-21(8-4-2)31-33(25(23)36)20-12-7-11-19(27)15-20/h6-7,9-12,14-15,31H,3-5,8,13,16H2,1-2H3. The number of amides is 1. The average Bonchev–Trinajstić information content (AvgIpc) is 3.16. The lowest BCUT2D eigenvalue weighted by Crippen LogP contribution is -2.38. The van der Waals surface area contributed by atoms with Gasteiger partial charge in [-0.15, -0.1) is 0 Å². The Bertz CT molecular complexity index is 1300. The number of unbranched alkanes of at least 4 members (excludes halogenated alkanes) is 1. The maximum Gasteiger partial charge on any atom is 0.416 e. The minimum atomic E-state index is -4.61. The number of hydrogen-bond donors (Lipinski definition) is 1. The van der Waals surface area contributed by atoms with Gasteiger partial charge in [-0.1, -0.05) is 50.4 Å². The second-order valence-electron chi connectivity index (χ2n) is 8.42. The van der Waals surface area contributed by atoms with E-state index in [9.17, 15) is 27.6 Å². The summed E-state index contributed by atoms with van der Waals surface area (Å²) in [7, 11) is 0. The van der Waals surface area contributed by atoms with Crippen molar-refractivity contribution in [3.63, 3.8) is 0 Å². The second kappa shape index (κ2) is 11.6. The van der Waals surface area contributed by atoms with Crippen LogP contribution in [-0.2, 0) is 12.6 Å². The zero-order valence-electron chi connectivity index (χ0n) is 20.0. The third-order valence-corrected chi connectivity index (χ3v) is 5.89. The SMILES string of the molecule is CCCCN(CC(=O)c1c(CCC)[nH]n(-c2cccc(Cl)c2)c1=O)C(=O)c1cccc(C(F)(F)F)c1. The molecule has 6 nitrogen and oxygen atoms in total. The van der Waals surface area contributed by atoms with E-state index in [4.69, 9.17) is 11.6 Å². The van der Waals surface area contributed by atoms with Crippen molar-refractivity contribution in [3.05, 3.63) is 86.3 Å². The first kappa shape index (κ1) is 27.3. The highest BCUT2D eigenvalue weighted by atomic mass is 35.5. The van der Waals surface area contributed by atoms with Gasteiger partial charge in [-0.3, -0.25) is 19.5 Å². The molecule has 0 fully saturated rings. The Labute approximate surface area is 211 Å². The Kier molecular flexibility index (Phi) is 8.79. The molecule has 0 radical (unpaired) electrons. The maximum absolute atomic E-state index is 13.4. The lowest BCUT2D eigenvalue weighted by Gasteiger charge is -2.22. The van der Waals surface area contributed by atoms with Gasteiger partial charge in [0, 0.05) is 22.8 Å². The van der Waals surface area contributed by atoms with E-state index in [0.717, 1.165) is 18.2 Å². The van der Waals surface area contributed by atoms with Gasteiger partial charge in [0.25, 0.3) is 11.5 Å². The van der Waals surface area contributed by atoms with Crippen LogP contribution in [0.2, 0.25) is 5.02 Å². The zero-order chi connectivity index (χ0) is 26.5. The molecule has 2 aromatic carbocycles. The molecule has 0 bridgehead atoms. The highest BCUT2D eigenvalue weighted by Crippen LogP contribution is 2.30. The van der Waals surface area contributed by atoms with Crippen molar-refractivity contribution in [1.82, 2.24) is 14.7 Å². The van der Waals surface area contributed by atoms with Gasteiger partial charge < -0.3 is 4.90 Å². The normalized spacial score (nSPS) is 11.5. The van der Waals surface area contributed by atoms with Crippen LogP contribution in [0.5, 0.6) is 0 Å². The first-order chi connectivity index (χ1) is 17.1. The number of ketones is 1. The topological polar surface area (TPSA) is 75.2 Å². The van der Waals surface area contributed by atoms with Crippen LogP contribution in [0.3, 0.4) is 0 Å². The Balaban J connectivity index is 1.96. The van der Waals surface area contributed by atoms with Gasteiger partial charge in [0.15, 0.2) is 5.78 Å². The quantitative estimate of drug-likeness (QED) is 0.337. The molecule has 0 saturated heterocycles. The third kappa shape index (κ3) is 6.26. The van der Waals surface area contributed by atoms with Crippen molar-refractivity contribution in [3.8, 4) is 5.69 Å². The van der Waals surface area contributed by atoms with Crippen molar-refractivity contribution in [1.29, 1.82) is 0 Å². The predicted octanol–water partition coefficient (Wildman–Crippen LogP) is 5.92. The van der Waals surface area contributed by atoms with Gasteiger partial charge in [-0.25, -0.2) is 4.68 Å². The molecule has 3 rings (SSSR count). The molecule has 10 heteroatoms. The number of nitrogens with one attached hydrogen (secondary N) is 1. The summed E-state index contributed by atoms with van der Waals surface area (Å²) in [6.45, 7) is 3.51. The zero-order valence-corrected chi connectivity index (χ0v) is 20.7. The number of aromatic amines is 1. The van der Waals surface area contributed by atoms with Gasteiger partial charge in [0.05, 0.1) is 17.8 Å². The van der Waals surface area contributed by atoms with Crippen LogP contribution < -0.4 is 5.56 Å². The molecular formula is C26H27ClF3N3O3. The van der Waals surface area contributed by atoms with Gasteiger partial charge in [-0.05, 0) is 49.2 Å². The van der Waals surface area contributed by atoms with Crippen molar-refractivity contribution < 1.29 is 22.8 Å². The smallest absolute Gasteiger partial charge is 0.331 e. The molecule has 0 aliphatic heterocycles. The highest BCUT2D eigenvalue weighted by molar-refractivity contribution is 6.30. The van der Waals surface area contributed by atoms with E-state index in [-0.39, 0.29) is 17.7 Å². The number of carbonyl (C=O) groups excluding carboxylic acids is 2. The van der Waals surface area contributed by atoms with E-state index in [0.29, 0.717) is 42.1 Å². The van der Waals surface area contributed by atoms with Crippen molar-refractivity contribution in [2.24, 2.45) is 0 Å². The monoisotopic (exact) mass is 521 g/mol. The van der Waals surface area contributed by atoms with Crippen LogP contribution in [0.25, 0.3) is 5.69 Å². The summed E-state index contributed by atoms with van der Waals surface area (Å²) in [6, 6.07) is 10.7. The number of nitrogens with zero attached hydrogens (tertiary/aromatic N) is 2. The summed E-state index contributed by atoms with van der Waals surface area (Å²) in [4.78, 5) is 41.0. The summed E-state index contributed by atoms with van der Waals surface area (Å²) >= 11 is 6.06. The maximum atomic E-state index is 13.4. The molecule has 0 aliphatic carbocycles. The number of aryl methyl sites for hydroxylation is 1. The van der Waals surface area contributed by atoms with Crippen molar-refractivity contribution >= 4 is 23.3 Å². The molecule has 0 unspecified atom stereocenters. The van der Waals surface area contributed by atoms with E-state index < -0.39 is 35.5 Å². The Morgan fingerprint density at radius 3 is 2.42 bits per heavy atom. The summed E-state index contributed by atoms with van der Waals surface area (Å²) in [6.07, 6.45) is -2.29. The minimum Gasteiger partial charge on any atom is -0.331 e. The van der Waals surface area contributed by atoms with E-state index in [1.165, 1.54) is 15.6 Å². The molecule has 0 atom stereocenters. The summed E-state index contributed by atoms with van der Waals surface area (Å²) in [5.41, 5.74) is -0.896. The molecule has 192 valence electrons. The fraction of sp³-hybridized carbons (Fsp3) is 0.346. The molecule has 0 aliphatic rings. The third-order valence-electron chi connectivity index (χ3n) is 5.65. The number of halogens is 4.